The number of halogens is 5. The van der Waals surface area contributed by atoms with E-state index in [1.165, 1.54) is 18.2 Å². The van der Waals surface area contributed by atoms with E-state index in [0.29, 0.717) is 8.95 Å². The molecule has 33 heavy (non-hydrogen) atoms. The predicted octanol–water partition coefficient (Wildman–Crippen LogP) is 5.82. The van der Waals surface area contributed by atoms with E-state index < -0.39 is 41.9 Å². The van der Waals surface area contributed by atoms with Crippen molar-refractivity contribution < 1.29 is 37.4 Å². The van der Waals surface area contributed by atoms with Crippen molar-refractivity contribution in [3.05, 3.63) is 50.4 Å². The second kappa shape index (κ2) is 11.0. The Kier molecular flexibility index (Phi) is 8.89. The third-order valence-corrected chi connectivity index (χ3v) is 5.27. The number of nitrogens with one attached hydrogen (secondary N) is 2. The number of carboxylic acid groups (broad SMARTS) is 1. The molecule has 2 rings (SSSR count). The lowest BCUT2D eigenvalue weighted by Gasteiger charge is -2.16. The van der Waals surface area contributed by atoms with Crippen LogP contribution in [-0.4, -0.2) is 22.9 Å². The molecule has 0 unspecified atom stereocenters. The molecule has 0 aromatic heterocycles. The van der Waals surface area contributed by atoms with Crippen LogP contribution in [0.1, 0.15) is 31.4 Å². The smallest absolute Gasteiger partial charge is 0.416 e. The minimum Gasteiger partial charge on any atom is -0.487 e. The molecule has 0 aliphatic heterocycles. The van der Waals surface area contributed by atoms with Gasteiger partial charge in [0.05, 0.1) is 14.5 Å². The van der Waals surface area contributed by atoms with Crippen LogP contribution in [0.4, 0.5) is 24.5 Å². The Balaban J connectivity index is 2.24. The molecular formula is C21H19Br2F3N2O5. The quantitative estimate of drug-likeness (QED) is 0.334. The highest BCUT2D eigenvalue weighted by Gasteiger charge is 2.31. The fourth-order valence-corrected chi connectivity index (χ4v) is 3.98. The van der Waals surface area contributed by atoms with Gasteiger partial charge in [0.15, 0.2) is 0 Å². The Bertz CT molecular complexity index is 1050. The molecule has 178 valence electrons. The van der Waals surface area contributed by atoms with Gasteiger partial charge in [-0.05, 0) is 67.8 Å². The number of carboxylic acids is 1. The average Bonchev–Trinajstić information content (AvgIpc) is 2.65. The molecular weight excluding hydrogens is 577 g/mol. The average molecular weight is 596 g/mol. The highest BCUT2D eigenvalue weighted by Crippen LogP contribution is 2.38. The highest BCUT2D eigenvalue weighted by molar-refractivity contribution is 9.11. The maximum absolute atomic E-state index is 13.3. The largest absolute Gasteiger partial charge is 0.487 e. The zero-order chi connectivity index (χ0) is 24.9. The summed E-state index contributed by atoms with van der Waals surface area (Å²) >= 11 is 6.52. The summed E-state index contributed by atoms with van der Waals surface area (Å²) in [6.07, 6.45) is -5.33. The first-order chi connectivity index (χ1) is 15.3. The van der Waals surface area contributed by atoms with Gasteiger partial charge in [-0.2, -0.15) is 13.2 Å². The molecule has 2 amide bonds. The van der Waals surface area contributed by atoms with Gasteiger partial charge in [-0.25, -0.2) is 0 Å². The molecule has 0 aliphatic rings. The molecule has 12 heteroatoms. The lowest BCUT2D eigenvalue weighted by atomic mass is 10.1. The molecule has 0 atom stereocenters. The Morgan fingerprint density at radius 1 is 1.00 bits per heavy atom. The van der Waals surface area contributed by atoms with Gasteiger partial charge in [-0.3, -0.25) is 14.4 Å². The first-order valence-corrected chi connectivity index (χ1v) is 11.0. The fourth-order valence-electron chi connectivity index (χ4n) is 2.57. The standard InChI is InChI=1S/C21H19Br2F3N2O5/c1-10(2)20(32)28-13-4-11(3-12(5-13)21(24,25)26)9-33-19-15(22)6-14(7-16(19)23)27-17(29)8-18(30)31/h3-7,10H,8-9H2,1-2H3,(H,27,29)(H,28,32)(H,30,31). The summed E-state index contributed by atoms with van der Waals surface area (Å²) in [5.41, 5.74) is -0.486. The maximum atomic E-state index is 13.3. The van der Waals surface area contributed by atoms with Crippen LogP contribution < -0.4 is 15.4 Å². The number of carbonyl (C=O) groups is 3. The molecule has 0 bridgehead atoms. The first kappa shape index (κ1) is 26.7. The van der Waals surface area contributed by atoms with Crippen LogP contribution in [0.3, 0.4) is 0 Å². The van der Waals surface area contributed by atoms with Gasteiger partial charge >= 0.3 is 12.1 Å². The fraction of sp³-hybridized carbons (Fsp3) is 0.286. The summed E-state index contributed by atoms with van der Waals surface area (Å²) in [5, 5.41) is 13.5. The molecule has 0 radical (unpaired) electrons. The Morgan fingerprint density at radius 3 is 2.09 bits per heavy atom. The van der Waals surface area contributed by atoms with E-state index in [-0.39, 0.29) is 29.3 Å². The number of anilines is 2. The number of alkyl halides is 3. The predicted molar refractivity (Wildman–Crippen MR) is 122 cm³/mol. The molecule has 0 heterocycles. The van der Waals surface area contributed by atoms with E-state index >= 15 is 0 Å². The van der Waals surface area contributed by atoms with E-state index in [1.807, 2.05) is 0 Å². The molecule has 7 nitrogen and oxygen atoms in total. The summed E-state index contributed by atoms with van der Waals surface area (Å²) in [4.78, 5) is 34.2. The zero-order valence-corrected chi connectivity index (χ0v) is 20.5. The van der Waals surface area contributed by atoms with E-state index in [2.05, 4.69) is 42.5 Å². The Hall–Kier alpha value is -2.60. The molecule has 2 aromatic rings. The second-order valence-corrected chi connectivity index (χ2v) is 8.95. The van der Waals surface area contributed by atoms with Crippen LogP contribution in [0.2, 0.25) is 0 Å². The maximum Gasteiger partial charge on any atom is 0.416 e. The normalized spacial score (nSPS) is 11.3. The molecule has 3 N–H and O–H groups in total. The number of aliphatic carboxylic acids is 1. The van der Waals surface area contributed by atoms with Crippen LogP contribution in [-0.2, 0) is 27.2 Å². The molecule has 0 spiro atoms. The summed E-state index contributed by atoms with van der Waals surface area (Å²) in [5.74, 6) is -2.60. The number of hydrogen-bond acceptors (Lipinski definition) is 4. The van der Waals surface area contributed by atoms with Gasteiger partial charge < -0.3 is 20.5 Å². The van der Waals surface area contributed by atoms with E-state index in [9.17, 15) is 27.6 Å². The van der Waals surface area contributed by atoms with Crippen molar-refractivity contribution in [1.82, 2.24) is 0 Å². The van der Waals surface area contributed by atoms with Crippen molar-refractivity contribution in [2.45, 2.75) is 33.1 Å². The number of carbonyl (C=O) groups excluding carboxylic acids is 2. The van der Waals surface area contributed by atoms with Crippen molar-refractivity contribution in [1.29, 1.82) is 0 Å². The van der Waals surface area contributed by atoms with Crippen molar-refractivity contribution in [2.24, 2.45) is 5.92 Å². The van der Waals surface area contributed by atoms with E-state index in [0.717, 1.165) is 12.1 Å². The van der Waals surface area contributed by atoms with Gasteiger partial charge in [-0.1, -0.05) is 13.8 Å². The molecule has 0 saturated carbocycles. The van der Waals surface area contributed by atoms with Crippen LogP contribution >= 0.6 is 31.9 Å². The summed E-state index contributed by atoms with van der Waals surface area (Å²) in [6.45, 7) is 2.99. The van der Waals surface area contributed by atoms with Gasteiger partial charge in [-0.15, -0.1) is 0 Å². The monoisotopic (exact) mass is 594 g/mol. The van der Waals surface area contributed by atoms with Crippen molar-refractivity contribution in [3.8, 4) is 5.75 Å². The van der Waals surface area contributed by atoms with Gasteiger partial charge in [0.2, 0.25) is 11.8 Å². The highest BCUT2D eigenvalue weighted by atomic mass is 79.9. The third-order valence-electron chi connectivity index (χ3n) is 4.09. The van der Waals surface area contributed by atoms with Crippen LogP contribution in [0.25, 0.3) is 0 Å². The third kappa shape index (κ3) is 8.04. The molecule has 0 saturated heterocycles. The van der Waals surface area contributed by atoms with Gasteiger partial charge in [0, 0.05) is 17.3 Å². The minimum absolute atomic E-state index is 0.00301. The summed E-state index contributed by atoms with van der Waals surface area (Å²) in [6, 6.07) is 6.08. The van der Waals surface area contributed by atoms with Gasteiger partial charge in [0.25, 0.3) is 0 Å². The SMILES string of the molecule is CC(C)C(=O)Nc1cc(COc2c(Br)cc(NC(=O)CC(=O)O)cc2Br)cc(C(F)(F)F)c1. The van der Waals surface area contributed by atoms with Crippen LogP contribution in [0.5, 0.6) is 5.75 Å². The van der Waals surface area contributed by atoms with Crippen LogP contribution in [0.15, 0.2) is 39.3 Å². The molecule has 2 aromatic carbocycles. The number of hydrogen-bond donors (Lipinski definition) is 3. The number of rotatable bonds is 8. The lowest BCUT2D eigenvalue weighted by molar-refractivity contribution is -0.140. The number of ether oxygens (including phenoxy) is 1. The number of amides is 2. The summed E-state index contributed by atoms with van der Waals surface area (Å²) in [7, 11) is 0. The van der Waals surface area contributed by atoms with Gasteiger partial charge in [0.1, 0.15) is 18.8 Å². The first-order valence-electron chi connectivity index (χ1n) is 9.41. The summed E-state index contributed by atoms with van der Waals surface area (Å²) < 4.78 is 46.4. The minimum atomic E-state index is -4.62. The topological polar surface area (TPSA) is 105 Å². The Labute approximate surface area is 203 Å². The Morgan fingerprint density at radius 2 is 1.58 bits per heavy atom. The second-order valence-electron chi connectivity index (χ2n) is 7.24. The zero-order valence-electron chi connectivity index (χ0n) is 17.3. The van der Waals surface area contributed by atoms with Crippen LogP contribution in [0, 0.1) is 5.92 Å². The number of benzene rings is 2. The molecule has 0 aliphatic carbocycles. The van der Waals surface area contributed by atoms with Crippen molar-refractivity contribution in [3.63, 3.8) is 0 Å². The van der Waals surface area contributed by atoms with Crippen molar-refractivity contribution >= 4 is 61.0 Å². The lowest BCUT2D eigenvalue weighted by Crippen LogP contribution is -2.18. The van der Waals surface area contributed by atoms with Crippen molar-refractivity contribution in [2.75, 3.05) is 10.6 Å². The van der Waals surface area contributed by atoms with E-state index in [1.54, 1.807) is 13.8 Å². The molecule has 0 fully saturated rings. The van der Waals surface area contributed by atoms with E-state index in [4.69, 9.17) is 9.84 Å².